The Hall–Kier alpha value is -3.29. The average molecular weight is 338 g/mol. The van der Waals surface area contributed by atoms with Crippen LogP contribution in [-0.2, 0) is 0 Å². The van der Waals surface area contributed by atoms with Crippen molar-refractivity contribution >= 4 is 11.7 Å². The Morgan fingerprint density at radius 2 is 1.96 bits per heavy atom. The summed E-state index contributed by atoms with van der Waals surface area (Å²) >= 11 is 0. The minimum atomic E-state index is -0.303. The van der Waals surface area contributed by atoms with Gasteiger partial charge >= 0.3 is 6.03 Å². The quantitative estimate of drug-likeness (QED) is 0.765. The second-order valence-corrected chi connectivity index (χ2v) is 5.82. The molecule has 0 radical (unpaired) electrons. The van der Waals surface area contributed by atoms with Crippen LogP contribution < -0.4 is 10.6 Å². The molecular formula is C17H15FN6O. The van der Waals surface area contributed by atoms with Crippen molar-refractivity contribution in [2.75, 3.05) is 5.32 Å². The van der Waals surface area contributed by atoms with E-state index in [-0.39, 0.29) is 23.8 Å². The number of halogens is 1. The zero-order chi connectivity index (χ0) is 17.2. The third kappa shape index (κ3) is 3.47. The number of urea groups is 1. The number of anilines is 1. The van der Waals surface area contributed by atoms with Gasteiger partial charge in [-0.25, -0.2) is 23.8 Å². The number of amides is 2. The molecule has 0 spiro atoms. The molecule has 4 rings (SSSR count). The van der Waals surface area contributed by atoms with Gasteiger partial charge in [-0.15, -0.1) is 0 Å². The zero-order valence-corrected chi connectivity index (χ0v) is 13.1. The molecule has 1 aromatic carbocycles. The summed E-state index contributed by atoms with van der Waals surface area (Å²) in [5, 5.41) is 9.76. The summed E-state index contributed by atoms with van der Waals surface area (Å²) in [7, 11) is 0. The van der Waals surface area contributed by atoms with Gasteiger partial charge in [0.2, 0.25) is 5.95 Å². The van der Waals surface area contributed by atoms with Gasteiger partial charge in [0.05, 0.1) is 18.1 Å². The van der Waals surface area contributed by atoms with Gasteiger partial charge in [0.25, 0.3) is 0 Å². The highest BCUT2D eigenvalue weighted by Gasteiger charge is 2.39. The summed E-state index contributed by atoms with van der Waals surface area (Å²) in [4.78, 5) is 20.3. The van der Waals surface area contributed by atoms with Crippen LogP contribution in [0.3, 0.4) is 0 Å². The van der Waals surface area contributed by atoms with Crippen LogP contribution in [0, 0.1) is 5.82 Å². The topological polar surface area (TPSA) is 84.7 Å². The number of hydrogen-bond donors (Lipinski definition) is 2. The lowest BCUT2D eigenvalue weighted by Gasteiger charge is -2.05. The highest BCUT2D eigenvalue weighted by molar-refractivity contribution is 5.89. The molecule has 3 aromatic rings. The lowest BCUT2D eigenvalue weighted by atomic mass is 10.1. The zero-order valence-electron chi connectivity index (χ0n) is 13.1. The number of nitrogens with zero attached hydrogens (tertiary/aromatic N) is 4. The van der Waals surface area contributed by atoms with Gasteiger partial charge < -0.3 is 10.6 Å². The maximum atomic E-state index is 12.9. The van der Waals surface area contributed by atoms with Crippen LogP contribution in [0.25, 0.3) is 5.95 Å². The first-order valence-corrected chi connectivity index (χ1v) is 7.84. The van der Waals surface area contributed by atoms with Gasteiger partial charge in [0.1, 0.15) is 5.82 Å². The molecule has 2 N–H and O–H groups in total. The number of nitrogens with one attached hydrogen (secondary N) is 2. The van der Waals surface area contributed by atoms with Gasteiger partial charge in [0, 0.05) is 24.4 Å². The number of carbonyl (C=O) groups excluding carboxylic acids is 1. The number of carbonyl (C=O) groups is 1. The second kappa shape index (κ2) is 6.31. The smallest absolute Gasteiger partial charge is 0.319 e. The van der Waals surface area contributed by atoms with E-state index in [4.69, 9.17) is 0 Å². The number of rotatable bonds is 4. The predicted molar refractivity (Wildman–Crippen MR) is 88.9 cm³/mol. The van der Waals surface area contributed by atoms with Crippen molar-refractivity contribution in [2.45, 2.75) is 18.4 Å². The normalized spacial score (nSPS) is 18.6. The van der Waals surface area contributed by atoms with E-state index < -0.39 is 0 Å². The van der Waals surface area contributed by atoms with Crippen molar-refractivity contribution in [1.82, 2.24) is 25.1 Å². The minimum Gasteiger partial charge on any atom is -0.334 e. The third-order valence-electron chi connectivity index (χ3n) is 4.00. The van der Waals surface area contributed by atoms with E-state index >= 15 is 0 Å². The second-order valence-electron chi connectivity index (χ2n) is 5.82. The Bertz CT molecular complexity index is 880. The van der Waals surface area contributed by atoms with Crippen LogP contribution in [0.2, 0.25) is 0 Å². The molecule has 8 heteroatoms. The summed E-state index contributed by atoms with van der Waals surface area (Å²) in [6.45, 7) is 0. The Labute approximate surface area is 142 Å². The molecular weight excluding hydrogens is 323 g/mol. The number of hydrogen-bond acceptors (Lipinski definition) is 4. The van der Waals surface area contributed by atoms with E-state index in [2.05, 4.69) is 25.7 Å². The molecule has 1 aliphatic rings. The molecule has 0 saturated heterocycles. The number of benzene rings is 1. The summed E-state index contributed by atoms with van der Waals surface area (Å²) in [5.74, 6) is 0.396. The maximum Gasteiger partial charge on any atom is 0.319 e. The van der Waals surface area contributed by atoms with Crippen LogP contribution in [0.1, 0.15) is 17.9 Å². The lowest BCUT2D eigenvalue weighted by molar-refractivity contribution is 0.251. The molecule has 2 aromatic heterocycles. The molecule has 1 saturated carbocycles. The summed E-state index contributed by atoms with van der Waals surface area (Å²) in [6.07, 6.45) is 7.24. The van der Waals surface area contributed by atoms with Crippen LogP contribution in [0.4, 0.5) is 14.9 Å². The first-order valence-electron chi connectivity index (χ1n) is 7.84. The average Bonchev–Trinajstić information content (AvgIpc) is 3.22. The maximum absolute atomic E-state index is 12.9. The summed E-state index contributed by atoms with van der Waals surface area (Å²) < 4.78 is 14.4. The molecule has 2 atom stereocenters. The fraction of sp³-hybridized carbons (Fsp3) is 0.176. The molecule has 2 heterocycles. The lowest BCUT2D eigenvalue weighted by Crippen LogP contribution is -2.31. The Morgan fingerprint density at radius 1 is 1.20 bits per heavy atom. The molecule has 126 valence electrons. The fourth-order valence-corrected chi connectivity index (χ4v) is 2.67. The van der Waals surface area contributed by atoms with E-state index in [0.29, 0.717) is 11.6 Å². The van der Waals surface area contributed by atoms with E-state index in [1.165, 1.54) is 23.0 Å². The molecule has 0 aliphatic heterocycles. The molecule has 1 fully saturated rings. The van der Waals surface area contributed by atoms with E-state index in [1.54, 1.807) is 36.8 Å². The monoisotopic (exact) mass is 338 g/mol. The van der Waals surface area contributed by atoms with Crippen LogP contribution >= 0.6 is 0 Å². The minimum absolute atomic E-state index is 0.0537. The van der Waals surface area contributed by atoms with Crippen molar-refractivity contribution in [3.05, 3.63) is 66.5 Å². The summed E-state index contributed by atoms with van der Waals surface area (Å²) in [6, 6.07) is 7.84. The van der Waals surface area contributed by atoms with Gasteiger partial charge in [-0.2, -0.15) is 5.10 Å². The largest absolute Gasteiger partial charge is 0.334 e. The first kappa shape index (κ1) is 15.3. The molecule has 2 amide bonds. The van der Waals surface area contributed by atoms with Gasteiger partial charge in [-0.1, -0.05) is 12.1 Å². The van der Waals surface area contributed by atoms with E-state index in [1.807, 2.05) is 0 Å². The van der Waals surface area contributed by atoms with Crippen molar-refractivity contribution in [2.24, 2.45) is 0 Å². The van der Waals surface area contributed by atoms with Crippen molar-refractivity contribution in [3.63, 3.8) is 0 Å². The molecule has 0 bridgehead atoms. The standard InChI is InChI=1S/C17H15FN6O/c18-12-4-2-11(3-5-12)14-8-15(14)23-17(25)22-13-9-21-24(10-13)16-19-6-1-7-20-16/h1-7,9-10,14-15H,8H2,(H2,22,23,25)/t14-,15+/m0/s1. The van der Waals surface area contributed by atoms with Crippen LogP contribution in [0.5, 0.6) is 0 Å². The molecule has 0 unspecified atom stereocenters. The fourth-order valence-electron chi connectivity index (χ4n) is 2.67. The first-order chi connectivity index (χ1) is 12.2. The predicted octanol–water partition coefficient (Wildman–Crippen LogP) is 2.48. The highest BCUT2D eigenvalue weighted by Crippen LogP contribution is 2.40. The Kier molecular flexibility index (Phi) is 3.85. The van der Waals surface area contributed by atoms with Crippen molar-refractivity contribution < 1.29 is 9.18 Å². The van der Waals surface area contributed by atoms with Gasteiger partial charge in [-0.05, 0) is 30.2 Å². The van der Waals surface area contributed by atoms with Gasteiger partial charge in [-0.3, -0.25) is 0 Å². The molecule has 7 nitrogen and oxygen atoms in total. The van der Waals surface area contributed by atoms with Crippen LogP contribution in [-0.4, -0.2) is 31.8 Å². The molecule has 25 heavy (non-hydrogen) atoms. The Balaban J connectivity index is 1.33. The molecule has 1 aliphatic carbocycles. The van der Waals surface area contributed by atoms with E-state index in [0.717, 1.165) is 12.0 Å². The Morgan fingerprint density at radius 3 is 2.72 bits per heavy atom. The van der Waals surface area contributed by atoms with Crippen molar-refractivity contribution in [1.29, 1.82) is 0 Å². The van der Waals surface area contributed by atoms with E-state index in [9.17, 15) is 9.18 Å². The van der Waals surface area contributed by atoms with Gasteiger partial charge in [0.15, 0.2) is 0 Å². The highest BCUT2D eigenvalue weighted by atomic mass is 19.1. The third-order valence-corrected chi connectivity index (χ3v) is 4.00. The number of aromatic nitrogens is 4. The SMILES string of the molecule is O=C(Nc1cnn(-c2ncccn2)c1)N[C@@H]1C[C@H]1c1ccc(F)cc1. The van der Waals surface area contributed by atoms with Crippen molar-refractivity contribution in [3.8, 4) is 5.95 Å². The van der Waals surface area contributed by atoms with Crippen LogP contribution in [0.15, 0.2) is 55.1 Å². The summed E-state index contributed by atoms with van der Waals surface area (Å²) in [5.41, 5.74) is 1.57.